The summed E-state index contributed by atoms with van der Waals surface area (Å²) in [7, 11) is 0. The number of rotatable bonds is 9. The lowest BCUT2D eigenvalue weighted by atomic mass is 10.1. The lowest BCUT2D eigenvalue weighted by molar-refractivity contribution is -0.134. The van der Waals surface area contributed by atoms with Crippen molar-refractivity contribution in [2.75, 3.05) is 6.54 Å². The number of imidazole rings is 1. The molecular weight excluding hydrogens is 436 g/mol. The van der Waals surface area contributed by atoms with Gasteiger partial charge in [-0.3, -0.25) is 9.59 Å². The van der Waals surface area contributed by atoms with Gasteiger partial charge in [0.2, 0.25) is 5.91 Å². The van der Waals surface area contributed by atoms with Crippen LogP contribution in [-0.2, 0) is 24.3 Å². The molecule has 0 unspecified atom stereocenters. The molecule has 0 aliphatic carbocycles. The summed E-state index contributed by atoms with van der Waals surface area (Å²) >= 11 is 0. The summed E-state index contributed by atoms with van der Waals surface area (Å²) in [4.78, 5) is 32.7. The molecule has 1 heterocycles. The van der Waals surface area contributed by atoms with Crippen LogP contribution in [0.25, 0.3) is 11.0 Å². The summed E-state index contributed by atoms with van der Waals surface area (Å²) in [6.45, 7) is 7.23. The van der Waals surface area contributed by atoms with E-state index >= 15 is 0 Å². The lowest BCUT2D eigenvalue weighted by Crippen LogP contribution is -2.39. The first-order valence-electron chi connectivity index (χ1n) is 12.0. The van der Waals surface area contributed by atoms with Crippen LogP contribution >= 0.6 is 0 Å². The van der Waals surface area contributed by atoms with Crippen LogP contribution in [0.2, 0.25) is 0 Å². The van der Waals surface area contributed by atoms with Crippen LogP contribution < -0.4 is 5.32 Å². The van der Waals surface area contributed by atoms with Crippen molar-refractivity contribution in [2.45, 2.75) is 46.3 Å². The molecule has 4 aromatic rings. The fourth-order valence-electron chi connectivity index (χ4n) is 4.23. The van der Waals surface area contributed by atoms with Gasteiger partial charge in [0.05, 0.1) is 11.0 Å². The molecule has 35 heavy (non-hydrogen) atoms. The fraction of sp³-hybridized carbons (Fsp3) is 0.276. The molecule has 0 radical (unpaired) electrons. The Morgan fingerprint density at radius 2 is 1.71 bits per heavy atom. The monoisotopic (exact) mass is 468 g/mol. The number of para-hydroxylation sites is 2. The number of nitrogens with one attached hydrogen (secondary N) is 1. The van der Waals surface area contributed by atoms with Gasteiger partial charge in [-0.25, -0.2) is 4.98 Å². The Bertz CT molecular complexity index is 1310. The van der Waals surface area contributed by atoms with Crippen LogP contribution in [0.3, 0.4) is 0 Å². The number of hydrogen-bond donors (Lipinski definition) is 1. The Balaban J connectivity index is 1.50. The van der Waals surface area contributed by atoms with Gasteiger partial charge >= 0.3 is 0 Å². The molecule has 0 saturated heterocycles. The minimum Gasteiger partial charge on any atom is -0.352 e. The highest BCUT2D eigenvalue weighted by molar-refractivity contribution is 5.94. The maximum absolute atomic E-state index is 13.5. The van der Waals surface area contributed by atoms with Crippen molar-refractivity contribution in [2.24, 2.45) is 0 Å². The molecule has 0 bridgehead atoms. The summed E-state index contributed by atoms with van der Waals surface area (Å²) in [5.74, 6) is 0.714. The number of carbonyl (C=O) groups excluding carboxylic acids is 2. The number of nitrogens with zero attached hydrogens (tertiary/aromatic N) is 3. The molecule has 0 atom stereocenters. The molecule has 0 aliphatic heterocycles. The average Bonchev–Trinajstić information content (AvgIpc) is 3.20. The van der Waals surface area contributed by atoms with Gasteiger partial charge in [0.15, 0.2) is 0 Å². The highest BCUT2D eigenvalue weighted by atomic mass is 16.2. The second-order valence-electron chi connectivity index (χ2n) is 9.08. The van der Waals surface area contributed by atoms with Gasteiger partial charge in [0.1, 0.15) is 12.4 Å². The Hall–Kier alpha value is -3.93. The second kappa shape index (κ2) is 11.0. The largest absolute Gasteiger partial charge is 0.352 e. The van der Waals surface area contributed by atoms with E-state index < -0.39 is 0 Å². The first kappa shape index (κ1) is 24.2. The highest BCUT2D eigenvalue weighted by Gasteiger charge is 2.21. The van der Waals surface area contributed by atoms with Crippen LogP contribution in [-0.4, -0.2) is 38.9 Å². The normalized spacial score (nSPS) is 11.1. The van der Waals surface area contributed by atoms with Crippen LogP contribution in [0, 0.1) is 6.92 Å². The summed E-state index contributed by atoms with van der Waals surface area (Å²) < 4.78 is 1.98. The Morgan fingerprint density at radius 1 is 0.971 bits per heavy atom. The van der Waals surface area contributed by atoms with Crippen molar-refractivity contribution in [1.82, 2.24) is 19.8 Å². The van der Waals surface area contributed by atoms with Crippen LogP contribution in [0.5, 0.6) is 0 Å². The number of aromatic nitrogens is 2. The van der Waals surface area contributed by atoms with E-state index in [2.05, 4.69) is 5.32 Å². The zero-order valence-corrected chi connectivity index (χ0v) is 20.6. The molecule has 1 aromatic heterocycles. The van der Waals surface area contributed by atoms with Gasteiger partial charge in [0, 0.05) is 31.1 Å². The predicted octanol–water partition coefficient (Wildman–Crippen LogP) is 4.75. The summed E-state index contributed by atoms with van der Waals surface area (Å²) in [6, 6.07) is 25.5. The molecule has 2 amide bonds. The molecular formula is C29H32N4O2. The van der Waals surface area contributed by atoms with Gasteiger partial charge in [-0.1, -0.05) is 60.2 Å². The van der Waals surface area contributed by atoms with Crippen LogP contribution in [0.1, 0.15) is 41.2 Å². The maximum atomic E-state index is 13.5. The van der Waals surface area contributed by atoms with Crippen molar-refractivity contribution in [3.05, 3.63) is 101 Å². The SMILES string of the molecule is Cc1cccc(C(=O)NCCc2nc3ccccc3n2CC(=O)N(Cc2ccccc2)C(C)C)c1. The second-order valence-corrected chi connectivity index (χ2v) is 9.08. The number of benzene rings is 3. The molecule has 6 heteroatoms. The minimum atomic E-state index is -0.110. The number of aryl methyl sites for hydroxylation is 1. The van der Waals surface area contributed by atoms with E-state index in [-0.39, 0.29) is 24.4 Å². The third-order valence-electron chi connectivity index (χ3n) is 6.08. The lowest BCUT2D eigenvalue weighted by Gasteiger charge is -2.27. The van der Waals surface area contributed by atoms with E-state index in [1.54, 1.807) is 0 Å². The van der Waals surface area contributed by atoms with Gasteiger partial charge in [-0.05, 0) is 50.6 Å². The Kier molecular flexibility index (Phi) is 7.60. The molecule has 180 valence electrons. The molecule has 1 N–H and O–H groups in total. The number of carbonyl (C=O) groups is 2. The number of hydrogen-bond acceptors (Lipinski definition) is 3. The van der Waals surface area contributed by atoms with E-state index in [0.29, 0.717) is 25.1 Å². The third kappa shape index (κ3) is 5.96. The fourth-order valence-corrected chi connectivity index (χ4v) is 4.23. The van der Waals surface area contributed by atoms with Crippen molar-refractivity contribution in [3.8, 4) is 0 Å². The third-order valence-corrected chi connectivity index (χ3v) is 6.08. The topological polar surface area (TPSA) is 67.2 Å². The zero-order valence-electron chi connectivity index (χ0n) is 20.6. The van der Waals surface area contributed by atoms with Gasteiger partial charge in [0.25, 0.3) is 5.91 Å². The van der Waals surface area contributed by atoms with Crippen molar-refractivity contribution < 1.29 is 9.59 Å². The van der Waals surface area contributed by atoms with Crippen molar-refractivity contribution in [3.63, 3.8) is 0 Å². The molecule has 3 aromatic carbocycles. The van der Waals surface area contributed by atoms with Crippen LogP contribution in [0.4, 0.5) is 0 Å². The van der Waals surface area contributed by atoms with E-state index in [1.165, 1.54) is 0 Å². The molecule has 4 rings (SSSR count). The molecule has 6 nitrogen and oxygen atoms in total. The highest BCUT2D eigenvalue weighted by Crippen LogP contribution is 2.18. The first-order valence-corrected chi connectivity index (χ1v) is 12.0. The van der Waals surface area contributed by atoms with Gasteiger partial charge in [-0.15, -0.1) is 0 Å². The van der Waals surface area contributed by atoms with E-state index in [1.807, 2.05) is 109 Å². The molecule has 0 aliphatic rings. The van der Waals surface area contributed by atoms with E-state index in [9.17, 15) is 9.59 Å². The number of fused-ring (bicyclic) bond motifs is 1. The van der Waals surface area contributed by atoms with Crippen LogP contribution in [0.15, 0.2) is 78.9 Å². The summed E-state index contributed by atoms with van der Waals surface area (Å²) in [5.41, 5.74) is 4.55. The average molecular weight is 469 g/mol. The summed E-state index contributed by atoms with van der Waals surface area (Å²) in [6.07, 6.45) is 0.528. The molecule has 0 spiro atoms. The van der Waals surface area contributed by atoms with E-state index in [0.717, 1.165) is 28.0 Å². The Labute approximate surface area is 206 Å². The van der Waals surface area contributed by atoms with Crippen molar-refractivity contribution in [1.29, 1.82) is 0 Å². The van der Waals surface area contributed by atoms with E-state index in [4.69, 9.17) is 4.98 Å². The van der Waals surface area contributed by atoms with Gasteiger partial charge < -0.3 is 14.8 Å². The van der Waals surface area contributed by atoms with Gasteiger partial charge in [-0.2, -0.15) is 0 Å². The minimum absolute atomic E-state index is 0.0389. The smallest absolute Gasteiger partial charge is 0.251 e. The quantitative estimate of drug-likeness (QED) is 0.385. The summed E-state index contributed by atoms with van der Waals surface area (Å²) in [5, 5.41) is 2.99. The predicted molar refractivity (Wildman–Crippen MR) is 139 cm³/mol. The zero-order chi connectivity index (χ0) is 24.8. The van der Waals surface area contributed by atoms with Crippen molar-refractivity contribution >= 4 is 22.8 Å². The Morgan fingerprint density at radius 3 is 2.46 bits per heavy atom. The first-order chi connectivity index (χ1) is 16.9. The standard InChI is InChI=1S/C29H32N4O2/c1-21(2)32(19-23-11-5-4-6-12-23)28(34)20-33-26-15-8-7-14-25(26)31-27(33)16-17-30-29(35)24-13-9-10-22(3)18-24/h4-15,18,21H,16-17,19-20H2,1-3H3,(H,30,35). The molecule has 0 fully saturated rings. The maximum Gasteiger partial charge on any atom is 0.251 e. The molecule has 0 saturated carbocycles. The number of amides is 2.